The van der Waals surface area contributed by atoms with Crippen LogP contribution in [-0.2, 0) is 10.3 Å². The minimum Gasteiger partial charge on any atom is -0.494 e. The number of aryl methyl sites for hydroxylation is 1. The number of hydrogen-bond acceptors (Lipinski definition) is 4. The van der Waals surface area contributed by atoms with Gasteiger partial charge < -0.3 is 10.1 Å². The molecule has 5 nitrogen and oxygen atoms in total. The van der Waals surface area contributed by atoms with Gasteiger partial charge in [-0.25, -0.2) is 0 Å². The summed E-state index contributed by atoms with van der Waals surface area (Å²) >= 11 is 0. The topological polar surface area (TPSA) is 68.3 Å². The molecule has 0 aliphatic carbocycles. The zero-order valence-electron chi connectivity index (χ0n) is 16.8. The normalized spacial score (nSPS) is 12.7. The van der Waals surface area contributed by atoms with Crippen LogP contribution in [0.15, 0.2) is 55.3 Å². The molecule has 0 bridgehead atoms. The molecule has 1 atom stereocenters. The van der Waals surface area contributed by atoms with E-state index < -0.39 is 5.54 Å². The van der Waals surface area contributed by atoms with Crippen LogP contribution in [-0.4, -0.2) is 23.3 Å². The molecule has 0 aliphatic rings. The van der Waals surface area contributed by atoms with E-state index in [-0.39, 0.29) is 18.1 Å². The zero-order valence-corrected chi connectivity index (χ0v) is 16.8. The van der Waals surface area contributed by atoms with Crippen LogP contribution in [0.5, 0.6) is 5.75 Å². The molecule has 1 aromatic carbocycles. The minimum atomic E-state index is -0.892. The lowest BCUT2D eigenvalue weighted by atomic mass is 9.85. The van der Waals surface area contributed by atoms with Crippen molar-refractivity contribution in [1.82, 2.24) is 10.3 Å². The number of Topliss-reactive ketones (excluding diaryl/α,β-unsaturated/α-hetero) is 1. The van der Waals surface area contributed by atoms with Crippen molar-refractivity contribution < 1.29 is 14.3 Å². The number of ketones is 1. The summed E-state index contributed by atoms with van der Waals surface area (Å²) in [5.41, 5.74) is 1.28. The van der Waals surface area contributed by atoms with Crippen molar-refractivity contribution >= 4 is 11.7 Å². The second-order valence-electron chi connectivity index (χ2n) is 7.07. The zero-order chi connectivity index (χ0) is 20.6. The van der Waals surface area contributed by atoms with Crippen LogP contribution in [0, 0.1) is 6.92 Å². The van der Waals surface area contributed by atoms with Crippen LogP contribution in [0.4, 0.5) is 0 Å². The maximum Gasteiger partial charge on any atom is 0.244 e. The van der Waals surface area contributed by atoms with Crippen molar-refractivity contribution in [2.75, 3.05) is 6.61 Å². The summed E-state index contributed by atoms with van der Waals surface area (Å²) in [5.74, 6) is 0.284. The number of carbonyl (C=O) groups is 2. The van der Waals surface area contributed by atoms with Gasteiger partial charge in [-0.2, -0.15) is 0 Å². The van der Waals surface area contributed by atoms with E-state index in [1.165, 1.54) is 6.08 Å². The molecule has 148 valence electrons. The number of ether oxygens (including phenoxy) is 1. The number of aromatic nitrogens is 1. The lowest BCUT2D eigenvalue weighted by molar-refractivity contribution is -0.118. The van der Waals surface area contributed by atoms with Gasteiger partial charge in [-0.05, 0) is 55.7 Å². The number of nitrogens with zero attached hydrogens (tertiary/aromatic N) is 1. The second-order valence-corrected chi connectivity index (χ2v) is 7.07. The highest BCUT2D eigenvalue weighted by atomic mass is 16.5. The number of benzene rings is 1. The van der Waals surface area contributed by atoms with Crippen LogP contribution in [0.2, 0.25) is 0 Å². The van der Waals surface area contributed by atoms with Gasteiger partial charge in [0.2, 0.25) is 5.91 Å². The van der Waals surface area contributed by atoms with E-state index in [0.29, 0.717) is 12.3 Å². The van der Waals surface area contributed by atoms with E-state index in [4.69, 9.17) is 4.74 Å². The molecule has 0 saturated heterocycles. The average Bonchev–Trinajstić information content (AvgIpc) is 2.69. The van der Waals surface area contributed by atoms with Gasteiger partial charge in [0, 0.05) is 12.6 Å². The third kappa shape index (κ3) is 5.78. The quantitative estimate of drug-likeness (QED) is 0.378. The Morgan fingerprint density at radius 2 is 1.93 bits per heavy atom. The first kappa shape index (κ1) is 21.4. The number of nitrogens with one attached hydrogen (secondary N) is 1. The first-order chi connectivity index (χ1) is 13.4. The number of carbonyl (C=O) groups excluding carboxylic acids is 2. The van der Waals surface area contributed by atoms with Crippen molar-refractivity contribution in [2.24, 2.45) is 0 Å². The van der Waals surface area contributed by atoms with Crippen molar-refractivity contribution in [1.29, 1.82) is 0 Å². The summed E-state index contributed by atoms with van der Waals surface area (Å²) in [4.78, 5) is 29.0. The molecule has 28 heavy (non-hydrogen) atoms. The number of hydrogen-bond donors (Lipinski definition) is 1. The Kier molecular flexibility index (Phi) is 7.50. The lowest BCUT2D eigenvalue weighted by Crippen LogP contribution is -2.44. The smallest absolute Gasteiger partial charge is 0.244 e. The highest BCUT2D eigenvalue weighted by molar-refractivity contribution is 5.96. The van der Waals surface area contributed by atoms with Crippen LogP contribution in [0.3, 0.4) is 0 Å². The van der Waals surface area contributed by atoms with E-state index in [1.807, 2.05) is 44.2 Å². The fourth-order valence-electron chi connectivity index (χ4n) is 2.84. The van der Waals surface area contributed by atoms with E-state index in [0.717, 1.165) is 29.7 Å². The average molecular weight is 380 g/mol. The third-order valence-corrected chi connectivity index (χ3v) is 4.55. The third-order valence-electron chi connectivity index (χ3n) is 4.55. The number of amides is 1. The molecule has 1 N–H and O–H groups in total. The Bertz CT molecular complexity index is 813. The molecule has 0 unspecified atom stereocenters. The number of rotatable bonds is 10. The van der Waals surface area contributed by atoms with Gasteiger partial charge in [0.25, 0.3) is 0 Å². The molecule has 1 heterocycles. The lowest BCUT2D eigenvalue weighted by Gasteiger charge is -2.30. The van der Waals surface area contributed by atoms with Crippen LogP contribution in [0.1, 0.15) is 54.7 Å². The Hall–Kier alpha value is -2.95. The molecule has 2 rings (SSSR count). The fourth-order valence-corrected chi connectivity index (χ4v) is 2.84. The van der Waals surface area contributed by atoms with Crippen molar-refractivity contribution in [3.8, 4) is 5.75 Å². The Labute approximate surface area is 166 Å². The Balaban J connectivity index is 2.24. The van der Waals surface area contributed by atoms with E-state index in [9.17, 15) is 9.59 Å². The predicted molar refractivity (Wildman–Crippen MR) is 110 cm³/mol. The Morgan fingerprint density at radius 1 is 1.21 bits per heavy atom. The largest absolute Gasteiger partial charge is 0.494 e. The van der Waals surface area contributed by atoms with Gasteiger partial charge >= 0.3 is 0 Å². The van der Waals surface area contributed by atoms with Crippen LogP contribution >= 0.6 is 0 Å². The van der Waals surface area contributed by atoms with Crippen molar-refractivity contribution in [3.05, 3.63) is 72.1 Å². The van der Waals surface area contributed by atoms with Gasteiger partial charge in [0.15, 0.2) is 5.78 Å². The summed E-state index contributed by atoms with van der Waals surface area (Å²) < 4.78 is 5.70. The molecule has 5 heteroatoms. The van der Waals surface area contributed by atoms with Gasteiger partial charge in [-0.1, -0.05) is 38.1 Å². The maximum absolute atomic E-state index is 12.8. The fraction of sp³-hybridized carbons (Fsp3) is 0.348. The van der Waals surface area contributed by atoms with E-state index in [2.05, 4.69) is 23.8 Å². The predicted octanol–water partition coefficient (Wildman–Crippen LogP) is 4.36. The number of pyridine rings is 1. The molecular formula is C23H28N2O3. The van der Waals surface area contributed by atoms with Gasteiger partial charge in [0.05, 0.1) is 12.1 Å². The molecule has 0 radical (unpaired) electrons. The van der Waals surface area contributed by atoms with Crippen LogP contribution in [0.25, 0.3) is 0 Å². The second kappa shape index (κ2) is 9.83. The standard InChI is InChI=1S/C23H28N2O3/c1-5-7-14-28-19-11-9-18(10-12-19)23(4,25-22(27)6-2)15-21(26)20-13-8-17(3)16-24-20/h6,8-13,16H,2,5,7,14-15H2,1,3-4H3,(H,25,27)/t23-/m0/s1. The van der Waals surface area contributed by atoms with Crippen molar-refractivity contribution in [3.63, 3.8) is 0 Å². The maximum atomic E-state index is 12.8. The SMILES string of the molecule is C=CC(=O)N[C@@](C)(CC(=O)c1ccc(C)cn1)c1ccc(OCCCC)cc1. The first-order valence-electron chi connectivity index (χ1n) is 9.51. The molecule has 0 spiro atoms. The molecular weight excluding hydrogens is 352 g/mol. The molecule has 2 aromatic rings. The molecule has 0 fully saturated rings. The monoisotopic (exact) mass is 380 g/mol. The van der Waals surface area contributed by atoms with Gasteiger partial charge in [-0.3, -0.25) is 14.6 Å². The summed E-state index contributed by atoms with van der Waals surface area (Å²) in [6.07, 6.45) is 5.01. The Morgan fingerprint density at radius 3 is 2.50 bits per heavy atom. The molecule has 0 saturated carbocycles. The van der Waals surface area contributed by atoms with E-state index in [1.54, 1.807) is 12.3 Å². The number of unbranched alkanes of at least 4 members (excludes halogenated alkanes) is 1. The summed E-state index contributed by atoms with van der Waals surface area (Å²) in [5, 5.41) is 2.90. The molecule has 0 aliphatic heterocycles. The van der Waals surface area contributed by atoms with E-state index >= 15 is 0 Å². The minimum absolute atomic E-state index is 0.0820. The van der Waals surface area contributed by atoms with Crippen molar-refractivity contribution in [2.45, 2.75) is 45.6 Å². The first-order valence-corrected chi connectivity index (χ1v) is 9.51. The molecule has 1 amide bonds. The summed E-state index contributed by atoms with van der Waals surface area (Å²) in [6.45, 7) is 10.0. The highest BCUT2D eigenvalue weighted by Crippen LogP contribution is 2.28. The summed E-state index contributed by atoms with van der Waals surface area (Å²) in [6, 6.07) is 11.0. The summed E-state index contributed by atoms with van der Waals surface area (Å²) in [7, 11) is 0. The highest BCUT2D eigenvalue weighted by Gasteiger charge is 2.31. The van der Waals surface area contributed by atoms with Crippen LogP contribution < -0.4 is 10.1 Å². The van der Waals surface area contributed by atoms with Gasteiger partial charge in [0.1, 0.15) is 11.4 Å². The molecule has 1 aromatic heterocycles. The van der Waals surface area contributed by atoms with Gasteiger partial charge in [-0.15, -0.1) is 0 Å².